The highest BCUT2D eigenvalue weighted by Crippen LogP contribution is 2.25. The van der Waals surface area contributed by atoms with Gasteiger partial charge in [-0.15, -0.1) is 0 Å². The smallest absolute Gasteiger partial charge is 0.253 e. The van der Waals surface area contributed by atoms with E-state index in [0.29, 0.717) is 42.3 Å². The quantitative estimate of drug-likeness (QED) is 0.439. The Bertz CT molecular complexity index is 1040. The molecule has 2 atom stereocenters. The number of likely N-dealkylation sites (tertiary alicyclic amines) is 1. The highest BCUT2D eigenvalue weighted by molar-refractivity contribution is 5.81. The van der Waals surface area contributed by atoms with Crippen LogP contribution < -0.4 is 5.73 Å². The van der Waals surface area contributed by atoms with E-state index in [9.17, 15) is 4.39 Å². The molecule has 2 aromatic carbocycles. The van der Waals surface area contributed by atoms with Crippen LogP contribution in [0.4, 0.5) is 10.3 Å². The number of aromatic nitrogens is 1. The second-order valence-electron chi connectivity index (χ2n) is 8.34. The van der Waals surface area contributed by atoms with Gasteiger partial charge in [0.15, 0.2) is 5.96 Å². The molecular formula is C25H29FN4O. The third-order valence-electron chi connectivity index (χ3n) is 6.02. The van der Waals surface area contributed by atoms with Gasteiger partial charge in [-0.25, -0.2) is 4.39 Å². The van der Waals surface area contributed by atoms with Crippen molar-refractivity contribution in [3.63, 3.8) is 0 Å². The first-order chi connectivity index (χ1) is 15.0. The molecule has 1 saturated heterocycles. The van der Waals surface area contributed by atoms with E-state index in [4.69, 9.17) is 10.3 Å². The number of nitrogens with two attached hydrogens (primary N) is 1. The molecular weight excluding hydrogens is 391 g/mol. The number of piperidine rings is 1. The number of guanidine groups is 1. The topological polar surface area (TPSA) is 67.7 Å². The van der Waals surface area contributed by atoms with Gasteiger partial charge in [0, 0.05) is 23.7 Å². The fourth-order valence-electron chi connectivity index (χ4n) is 4.35. The van der Waals surface area contributed by atoms with Crippen LogP contribution >= 0.6 is 0 Å². The summed E-state index contributed by atoms with van der Waals surface area (Å²) in [6, 6.07) is 17.5. The Morgan fingerprint density at radius 1 is 1.10 bits per heavy atom. The molecule has 31 heavy (non-hydrogen) atoms. The van der Waals surface area contributed by atoms with Gasteiger partial charge >= 0.3 is 0 Å². The molecule has 5 nitrogen and oxygen atoms in total. The summed E-state index contributed by atoms with van der Waals surface area (Å²) < 4.78 is 19.9. The van der Waals surface area contributed by atoms with Crippen molar-refractivity contribution in [1.82, 2.24) is 10.1 Å². The second-order valence-corrected chi connectivity index (χ2v) is 8.34. The summed E-state index contributed by atoms with van der Waals surface area (Å²) in [7, 11) is 0. The van der Waals surface area contributed by atoms with Crippen LogP contribution in [-0.4, -0.2) is 28.1 Å². The summed E-state index contributed by atoms with van der Waals surface area (Å²) in [5.41, 5.74) is 9.44. The third kappa shape index (κ3) is 4.95. The minimum absolute atomic E-state index is 0.216. The Kier molecular flexibility index (Phi) is 6.35. The van der Waals surface area contributed by atoms with Crippen LogP contribution in [0.1, 0.15) is 44.4 Å². The molecule has 3 aromatic rings. The SMILES string of the molecule is CC1CCCC(C)N1C(N)=Nc1cc(CCc2ccc(-c3ccccc3)c(F)c2)no1. The van der Waals surface area contributed by atoms with Gasteiger partial charge in [-0.05, 0) is 63.1 Å². The van der Waals surface area contributed by atoms with E-state index in [1.807, 2.05) is 42.5 Å². The van der Waals surface area contributed by atoms with Crippen molar-refractivity contribution in [2.75, 3.05) is 0 Å². The number of benzene rings is 2. The Balaban J connectivity index is 1.40. The molecule has 0 bridgehead atoms. The Morgan fingerprint density at radius 2 is 1.84 bits per heavy atom. The van der Waals surface area contributed by atoms with Gasteiger partial charge in [0.25, 0.3) is 5.88 Å². The molecule has 4 rings (SSSR count). The number of rotatable bonds is 5. The van der Waals surface area contributed by atoms with Gasteiger partial charge in [-0.1, -0.05) is 47.6 Å². The third-order valence-corrected chi connectivity index (χ3v) is 6.02. The van der Waals surface area contributed by atoms with E-state index in [2.05, 4.69) is 28.9 Å². The van der Waals surface area contributed by atoms with Crippen LogP contribution in [0.15, 0.2) is 64.1 Å². The first-order valence-electron chi connectivity index (χ1n) is 10.9. The van der Waals surface area contributed by atoms with E-state index in [1.54, 1.807) is 12.1 Å². The van der Waals surface area contributed by atoms with E-state index >= 15 is 0 Å². The van der Waals surface area contributed by atoms with Crippen molar-refractivity contribution in [1.29, 1.82) is 0 Å². The van der Waals surface area contributed by atoms with Crippen LogP contribution in [-0.2, 0) is 12.8 Å². The molecule has 0 radical (unpaired) electrons. The maximum atomic E-state index is 14.6. The molecule has 0 spiro atoms. The molecule has 0 aliphatic carbocycles. The van der Waals surface area contributed by atoms with Crippen molar-refractivity contribution in [2.45, 2.75) is 58.0 Å². The Hall–Kier alpha value is -3.15. The number of hydrogen-bond donors (Lipinski definition) is 1. The molecule has 1 aliphatic heterocycles. The average molecular weight is 421 g/mol. The molecule has 162 valence electrons. The molecule has 2 heterocycles. The normalized spacial score (nSPS) is 19.6. The zero-order valence-electron chi connectivity index (χ0n) is 18.1. The van der Waals surface area contributed by atoms with Gasteiger partial charge in [0.2, 0.25) is 0 Å². The highest BCUT2D eigenvalue weighted by Gasteiger charge is 2.26. The minimum Gasteiger partial charge on any atom is -0.369 e. The Labute approximate surface area is 182 Å². The van der Waals surface area contributed by atoms with Gasteiger partial charge in [0.1, 0.15) is 5.82 Å². The fraction of sp³-hybridized carbons (Fsp3) is 0.360. The van der Waals surface area contributed by atoms with Crippen LogP contribution in [0.5, 0.6) is 0 Å². The largest absolute Gasteiger partial charge is 0.369 e. The standard InChI is InChI=1S/C25H29FN4O/c1-17-7-6-8-18(2)30(17)25(27)28-24-16-21(29-31-24)13-11-19-12-14-22(23(26)15-19)20-9-4-3-5-10-20/h3-5,9-10,12,14-18H,6-8,11,13H2,1-2H3,(H2,27,28). The van der Waals surface area contributed by atoms with Crippen molar-refractivity contribution in [3.8, 4) is 11.1 Å². The molecule has 0 saturated carbocycles. The highest BCUT2D eigenvalue weighted by atomic mass is 19.1. The lowest BCUT2D eigenvalue weighted by Gasteiger charge is -2.39. The lowest BCUT2D eigenvalue weighted by Crippen LogP contribution is -2.50. The molecule has 2 N–H and O–H groups in total. The van der Waals surface area contributed by atoms with Gasteiger partial charge in [-0.3, -0.25) is 0 Å². The monoisotopic (exact) mass is 420 g/mol. The number of hydrogen-bond acceptors (Lipinski definition) is 3. The molecule has 0 amide bonds. The lowest BCUT2D eigenvalue weighted by atomic mass is 9.98. The van der Waals surface area contributed by atoms with Crippen LogP contribution in [0.3, 0.4) is 0 Å². The average Bonchev–Trinajstić information content (AvgIpc) is 3.20. The summed E-state index contributed by atoms with van der Waals surface area (Å²) in [5, 5.41) is 4.11. The summed E-state index contributed by atoms with van der Waals surface area (Å²) in [5.74, 6) is 0.663. The molecule has 6 heteroatoms. The van der Waals surface area contributed by atoms with E-state index in [-0.39, 0.29) is 5.82 Å². The number of nitrogens with zero attached hydrogens (tertiary/aromatic N) is 3. The van der Waals surface area contributed by atoms with E-state index < -0.39 is 0 Å². The molecule has 1 aliphatic rings. The minimum atomic E-state index is -0.216. The van der Waals surface area contributed by atoms with Gasteiger partial charge < -0.3 is 15.2 Å². The number of halogens is 1. The van der Waals surface area contributed by atoms with Crippen LogP contribution in [0.25, 0.3) is 11.1 Å². The molecule has 1 fully saturated rings. The maximum Gasteiger partial charge on any atom is 0.253 e. The number of aryl methyl sites for hydroxylation is 2. The first kappa shape index (κ1) is 21.1. The number of aliphatic imine (C=N–C) groups is 1. The van der Waals surface area contributed by atoms with Gasteiger partial charge in [-0.2, -0.15) is 4.99 Å². The predicted octanol–water partition coefficient (Wildman–Crippen LogP) is 5.48. The van der Waals surface area contributed by atoms with Gasteiger partial charge in [0.05, 0.1) is 5.69 Å². The van der Waals surface area contributed by atoms with Crippen molar-refractivity contribution in [3.05, 3.63) is 71.7 Å². The van der Waals surface area contributed by atoms with Crippen molar-refractivity contribution < 1.29 is 8.91 Å². The summed E-state index contributed by atoms with van der Waals surface area (Å²) in [6.45, 7) is 4.35. The summed E-state index contributed by atoms with van der Waals surface area (Å²) >= 11 is 0. The summed E-state index contributed by atoms with van der Waals surface area (Å²) in [4.78, 5) is 6.61. The van der Waals surface area contributed by atoms with E-state index in [1.165, 1.54) is 6.42 Å². The van der Waals surface area contributed by atoms with Crippen molar-refractivity contribution in [2.24, 2.45) is 10.7 Å². The first-order valence-corrected chi connectivity index (χ1v) is 10.9. The lowest BCUT2D eigenvalue weighted by molar-refractivity contribution is 0.189. The van der Waals surface area contributed by atoms with E-state index in [0.717, 1.165) is 29.7 Å². The summed E-state index contributed by atoms with van der Waals surface area (Å²) in [6.07, 6.45) is 4.74. The molecule has 2 unspecified atom stereocenters. The fourth-order valence-corrected chi connectivity index (χ4v) is 4.35. The van der Waals surface area contributed by atoms with Crippen LogP contribution in [0.2, 0.25) is 0 Å². The van der Waals surface area contributed by atoms with Crippen LogP contribution in [0, 0.1) is 5.82 Å². The second kappa shape index (κ2) is 9.33. The Morgan fingerprint density at radius 3 is 2.55 bits per heavy atom. The predicted molar refractivity (Wildman–Crippen MR) is 122 cm³/mol. The zero-order chi connectivity index (χ0) is 21.8. The zero-order valence-corrected chi connectivity index (χ0v) is 18.1. The maximum absolute atomic E-state index is 14.6. The molecule has 1 aromatic heterocycles. The van der Waals surface area contributed by atoms with Crippen molar-refractivity contribution >= 4 is 11.8 Å².